The minimum absolute atomic E-state index is 0.118. The quantitative estimate of drug-likeness (QED) is 0.308. The number of amides is 1. The Morgan fingerprint density at radius 3 is 2.24 bits per heavy atom. The molecule has 0 atom stereocenters. The van der Waals surface area contributed by atoms with Crippen LogP contribution in [-0.2, 0) is 9.53 Å². The molecule has 1 aromatic rings. The maximum absolute atomic E-state index is 12.5. The predicted molar refractivity (Wildman–Crippen MR) is 146 cm³/mol. The average molecular weight is 478 g/mol. The minimum Gasteiger partial charge on any atom is -0.398 e. The molecule has 1 saturated carbocycles. The summed E-state index contributed by atoms with van der Waals surface area (Å²) in [6, 6.07) is 2.13. The van der Waals surface area contributed by atoms with Crippen molar-refractivity contribution in [3.05, 3.63) is 17.8 Å². The lowest BCUT2D eigenvalue weighted by Crippen LogP contribution is -2.32. The molecule has 0 bridgehead atoms. The molecule has 1 aromatic heterocycles. The van der Waals surface area contributed by atoms with E-state index < -0.39 is 0 Å². The standard InChI is InChI=1S/C21H35N5O.C4H10O.C2H6/c1-3-14-26(15-4-2)19(27)11-10-17(22)20-18(23)12-13-24-21(20)25-16-8-6-5-7-9-16;1-3-4-5-2;1-2/h12-13,16,22H,3-11,14-15H2,1-2H3,(H3,23,24,25);3-4H2,1-2H3;1-2H3. The molecule has 196 valence electrons. The van der Waals surface area contributed by atoms with E-state index in [0.717, 1.165) is 51.8 Å². The molecule has 7 heteroatoms. The number of nitrogens with two attached hydrogens (primary N) is 1. The maximum atomic E-state index is 12.5. The van der Waals surface area contributed by atoms with Gasteiger partial charge in [-0.2, -0.15) is 0 Å². The lowest BCUT2D eigenvalue weighted by molar-refractivity contribution is -0.131. The fourth-order valence-corrected chi connectivity index (χ4v) is 3.96. The second kappa shape index (κ2) is 20.2. The van der Waals surface area contributed by atoms with Crippen molar-refractivity contribution in [3.63, 3.8) is 0 Å². The van der Waals surface area contributed by atoms with Crippen molar-refractivity contribution in [1.82, 2.24) is 9.88 Å². The number of hydrogen-bond donors (Lipinski definition) is 3. The SMILES string of the molecule is CC.CCCN(CCC)C(=O)CCC(=N)c1c(N)ccnc1NC1CCCCC1.CCCOC. The average Bonchev–Trinajstić information content (AvgIpc) is 2.85. The molecule has 0 saturated heterocycles. The molecule has 1 amide bonds. The summed E-state index contributed by atoms with van der Waals surface area (Å²) in [5.74, 6) is 0.811. The second-order valence-corrected chi connectivity index (χ2v) is 8.46. The first-order chi connectivity index (χ1) is 16.5. The molecular weight excluding hydrogens is 426 g/mol. The van der Waals surface area contributed by atoms with Gasteiger partial charge < -0.3 is 26.1 Å². The van der Waals surface area contributed by atoms with E-state index in [1.165, 1.54) is 19.3 Å². The fourth-order valence-electron chi connectivity index (χ4n) is 3.96. The lowest BCUT2D eigenvalue weighted by atomic mass is 9.95. The number of pyridine rings is 1. The van der Waals surface area contributed by atoms with Gasteiger partial charge in [-0.15, -0.1) is 0 Å². The number of methoxy groups -OCH3 is 1. The second-order valence-electron chi connectivity index (χ2n) is 8.46. The van der Waals surface area contributed by atoms with Gasteiger partial charge in [-0.1, -0.05) is 53.9 Å². The van der Waals surface area contributed by atoms with Crippen LogP contribution >= 0.6 is 0 Å². The Kier molecular flexibility index (Phi) is 19.0. The Hall–Kier alpha value is -2.15. The van der Waals surface area contributed by atoms with Crippen LogP contribution in [0.3, 0.4) is 0 Å². The van der Waals surface area contributed by atoms with E-state index in [4.69, 9.17) is 15.9 Å². The molecule has 1 fully saturated rings. The topological polar surface area (TPSA) is 104 Å². The van der Waals surface area contributed by atoms with Crippen molar-refractivity contribution in [2.24, 2.45) is 0 Å². The molecule has 7 nitrogen and oxygen atoms in total. The fraction of sp³-hybridized carbons (Fsp3) is 0.741. The van der Waals surface area contributed by atoms with Gasteiger partial charge in [0, 0.05) is 56.9 Å². The molecule has 1 aliphatic rings. The molecule has 0 unspecified atom stereocenters. The van der Waals surface area contributed by atoms with Crippen molar-refractivity contribution >= 4 is 23.1 Å². The van der Waals surface area contributed by atoms with Gasteiger partial charge in [0.25, 0.3) is 0 Å². The van der Waals surface area contributed by atoms with E-state index in [9.17, 15) is 4.79 Å². The van der Waals surface area contributed by atoms with Gasteiger partial charge in [-0.3, -0.25) is 4.79 Å². The van der Waals surface area contributed by atoms with Gasteiger partial charge in [-0.25, -0.2) is 4.98 Å². The number of nitrogens with zero attached hydrogens (tertiary/aromatic N) is 2. The molecule has 2 rings (SSSR count). The number of carbonyl (C=O) groups excluding carboxylic acids is 1. The number of rotatable bonds is 12. The summed E-state index contributed by atoms with van der Waals surface area (Å²) in [5, 5.41) is 12.0. The van der Waals surface area contributed by atoms with E-state index >= 15 is 0 Å². The van der Waals surface area contributed by atoms with Gasteiger partial charge in [-0.05, 0) is 44.6 Å². The van der Waals surface area contributed by atoms with Crippen LogP contribution in [-0.4, -0.2) is 54.4 Å². The third-order valence-corrected chi connectivity index (χ3v) is 5.57. The summed E-state index contributed by atoms with van der Waals surface area (Å²) in [6.07, 6.45) is 11.5. The van der Waals surface area contributed by atoms with Crippen LogP contribution < -0.4 is 11.1 Å². The first-order valence-corrected chi connectivity index (χ1v) is 13.3. The first-order valence-electron chi connectivity index (χ1n) is 13.3. The zero-order valence-electron chi connectivity index (χ0n) is 22.7. The summed E-state index contributed by atoms with van der Waals surface area (Å²) < 4.78 is 4.69. The molecule has 0 spiro atoms. The Balaban J connectivity index is 0.00000138. The minimum atomic E-state index is 0.118. The normalized spacial score (nSPS) is 13.1. The summed E-state index contributed by atoms with van der Waals surface area (Å²) >= 11 is 0. The van der Waals surface area contributed by atoms with Gasteiger partial charge in [0.05, 0.1) is 5.56 Å². The van der Waals surface area contributed by atoms with Gasteiger partial charge in [0.15, 0.2) is 0 Å². The number of nitrogen functional groups attached to an aromatic ring is 1. The monoisotopic (exact) mass is 477 g/mol. The Labute approximate surface area is 208 Å². The summed E-state index contributed by atoms with van der Waals surface area (Å²) in [6.45, 7) is 12.7. The van der Waals surface area contributed by atoms with Crippen molar-refractivity contribution in [1.29, 1.82) is 5.41 Å². The van der Waals surface area contributed by atoms with Gasteiger partial charge in [0.2, 0.25) is 5.91 Å². The van der Waals surface area contributed by atoms with Gasteiger partial charge in [0.1, 0.15) is 5.82 Å². The smallest absolute Gasteiger partial charge is 0.222 e. The molecule has 0 aliphatic heterocycles. The van der Waals surface area contributed by atoms with Crippen LogP contribution in [0.15, 0.2) is 12.3 Å². The van der Waals surface area contributed by atoms with E-state index in [0.29, 0.717) is 41.7 Å². The lowest BCUT2D eigenvalue weighted by Gasteiger charge is -2.25. The van der Waals surface area contributed by atoms with Crippen LogP contribution in [0.25, 0.3) is 0 Å². The molecule has 1 heterocycles. The highest BCUT2D eigenvalue weighted by atomic mass is 16.5. The highest BCUT2D eigenvalue weighted by molar-refractivity contribution is 6.07. The highest BCUT2D eigenvalue weighted by Crippen LogP contribution is 2.26. The van der Waals surface area contributed by atoms with Crippen molar-refractivity contribution in [2.75, 3.05) is 37.9 Å². The highest BCUT2D eigenvalue weighted by Gasteiger charge is 2.20. The van der Waals surface area contributed by atoms with Crippen LogP contribution in [0.5, 0.6) is 0 Å². The molecule has 4 N–H and O–H groups in total. The zero-order valence-corrected chi connectivity index (χ0v) is 22.7. The van der Waals surface area contributed by atoms with E-state index in [1.807, 2.05) is 18.7 Å². The van der Waals surface area contributed by atoms with Crippen LogP contribution in [0.1, 0.15) is 104 Å². The number of hydrogen-bond acceptors (Lipinski definition) is 6. The molecule has 0 radical (unpaired) electrons. The summed E-state index contributed by atoms with van der Waals surface area (Å²) in [4.78, 5) is 18.9. The third kappa shape index (κ3) is 12.4. The largest absolute Gasteiger partial charge is 0.398 e. The summed E-state index contributed by atoms with van der Waals surface area (Å²) in [5.41, 5.74) is 7.78. The Bertz CT molecular complexity index is 667. The molecular formula is C27H51N5O2. The molecule has 34 heavy (non-hydrogen) atoms. The number of ether oxygens (including phenoxy) is 1. The number of nitrogens with one attached hydrogen (secondary N) is 2. The number of aromatic nitrogens is 1. The summed E-state index contributed by atoms with van der Waals surface area (Å²) in [7, 11) is 1.71. The van der Waals surface area contributed by atoms with Crippen LogP contribution in [0, 0.1) is 5.41 Å². The van der Waals surface area contributed by atoms with Crippen molar-refractivity contribution in [3.8, 4) is 0 Å². The zero-order chi connectivity index (χ0) is 25.8. The van der Waals surface area contributed by atoms with Crippen molar-refractivity contribution < 1.29 is 9.53 Å². The van der Waals surface area contributed by atoms with Crippen LogP contribution in [0.4, 0.5) is 11.5 Å². The maximum Gasteiger partial charge on any atom is 0.222 e. The molecule has 0 aromatic carbocycles. The first kappa shape index (κ1) is 31.9. The Morgan fingerprint density at radius 1 is 1.12 bits per heavy atom. The third-order valence-electron chi connectivity index (χ3n) is 5.57. The number of anilines is 2. The van der Waals surface area contributed by atoms with E-state index in [1.54, 1.807) is 19.4 Å². The van der Waals surface area contributed by atoms with Crippen molar-refractivity contribution in [2.45, 2.75) is 105 Å². The van der Waals surface area contributed by atoms with Gasteiger partial charge >= 0.3 is 0 Å². The van der Waals surface area contributed by atoms with E-state index in [-0.39, 0.29) is 5.91 Å². The van der Waals surface area contributed by atoms with E-state index in [2.05, 4.69) is 31.1 Å². The molecule has 1 aliphatic carbocycles. The van der Waals surface area contributed by atoms with Crippen LogP contribution in [0.2, 0.25) is 0 Å². The number of carbonyl (C=O) groups is 1. The Morgan fingerprint density at radius 2 is 1.74 bits per heavy atom. The predicted octanol–water partition coefficient (Wildman–Crippen LogP) is 6.27.